The molecule has 1 heterocycles. The van der Waals surface area contributed by atoms with Crippen LogP contribution in [0.4, 0.5) is 0 Å². The molecule has 0 aliphatic heterocycles. The van der Waals surface area contributed by atoms with Crippen LogP contribution in [0.15, 0.2) is 24.3 Å². The fourth-order valence-corrected chi connectivity index (χ4v) is 5.61. The molecule has 1 aromatic heterocycles. The van der Waals surface area contributed by atoms with E-state index in [1.165, 1.54) is 10.6 Å². The van der Waals surface area contributed by atoms with E-state index in [1.54, 1.807) is 11.3 Å². The van der Waals surface area contributed by atoms with E-state index >= 15 is 0 Å². The van der Waals surface area contributed by atoms with Crippen LogP contribution in [-0.4, -0.2) is 16.4 Å². The van der Waals surface area contributed by atoms with Gasteiger partial charge < -0.3 is 5.32 Å². The molecule has 0 radical (unpaired) electrons. The number of benzene rings is 1. The van der Waals surface area contributed by atoms with Gasteiger partial charge in [-0.2, -0.15) is 0 Å². The molecule has 0 saturated heterocycles. The van der Waals surface area contributed by atoms with E-state index in [-0.39, 0.29) is 18.3 Å². The Bertz CT molecular complexity index is 792. The molecule has 1 amide bonds. The summed E-state index contributed by atoms with van der Waals surface area (Å²) in [5.74, 6) is 0.0739. The van der Waals surface area contributed by atoms with E-state index in [0.29, 0.717) is 0 Å². The lowest BCUT2D eigenvalue weighted by molar-refractivity contribution is 0.0803. The second-order valence-electron chi connectivity index (χ2n) is 7.32. The number of carbonyl (C=O) groups is 1. The molecule has 23 heavy (non-hydrogen) atoms. The van der Waals surface area contributed by atoms with Crippen molar-refractivity contribution in [3.8, 4) is 0 Å². The average molecular weight is 328 g/mol. The van der Waals surface area contributed by atoms with Gasteiger partial charge in [-0.15, -0.1) is 11.3 Å². The Balaban J connectivity index is 0.00000169. The molecule has 3 nitrogen and oxygen atoms in total. The van der Waals surface area contributed by atoms with Crippen molar-refractivity contribution in [3.63, 3.8) is 0 Å². The van der Waals surface area contributed by atoms with Crippen LogP contribution in [-0.2, 0) is 5.41 Å². The van der Waals surface area contributed by atoms with Crippen LogP contribution >= 0.6 is 11.3 Å². The van der Waals surface area contributed by atoms with E-state index < -0.39 is 0 Å². The van der Waals surface area contributed by atoms with Crippen molar-refractivity contribution in [1.29, 1.82) is 0 Å². The van der Waals surface area contributed by atoms with Gasteiger partial charge in [0.05, 0.1) is 10.7 Å². The number of carbonyl (C=O) groups excluding carboxylic acids is 1. The zero-order valence-electron chi connectivity index (χ0n) is 13.9. The number of aromatic nitrogens is 1. The normalized spacial score (nSPS) is 28.5. The van der Waals surface area contributed by atoms with Crippen molar-refractivity contribution in [1.82, 2.24) is 10.3 Å². The first kappa shape index (κ1) is 14.9. The average Bonchev–Trinajstić information content (AvgIpc) is 3.10. The highest BCUT2D eigenvalue weighted by Crippen LogP contribution is 2.62. The number of nitrogens with zero attached hydrogens (tertiary/aromatic N) is 1. The topological polar surface area (TPSA) is 42.0 Å². The smallest absolute Gasteiger partial charge is 0.251 e. The maximum atomic E-state index is 12.6. The van der Waals surface area contributed by atoms with Gasteiger partial charge >= 0.3 is 0 Å². The van der Waals surface area contributed by atoms with Crippen molar-refractivity contribution >= 4 is 17.2 Å². The van der Waals surface area contributed by atoms with Gasteiger partial charge in [0.2, 0.25) is 0 Å². The summed E-state index contributed by atoms with van der Waals surface area (Å²) in [5, 5.41) is 4.49. The third-order valence-corrected chi connectivity index (χ3v) is 6.50. The number of nitrogens with one attached hydrogen (secondary N) is 1. The summed E-state index contributed by atoms with van der Waals surface area (Å²) in [6, 6.07) is 7.81. The number of aryl methyl sites for hydroxylation is 3. The van der Waals surface area contributed by atoms with E-state index in [1.807, 2.05) is 31.2 Å². The van der Waals surface area contributed by atoms with E-state index in [9.17, 15) is 4.79 Å². The zero-order chi connectivity index (χ0) is 16.2. The standard InChI is InChI=1S/C19H22N2OS.H2/c1-12-6-4-5-7-15(12)17(22)21-19-9-8-18(10-19,11-19)16-13(2)23-14(3)20-16;/h4-7H,8-11H2,1-3H3,(H,21,22);1H. The highest BCUT2D eigenvalue weighted by molar-refractivity contribution is 7.11. The van der Waals surface area contributed by atoms with Crippen LogP contribution in [0.3, 0.4) is 0 Å². The molecule has 3 aliphatic rings. The Morgan fingerprint density at radius 1 is 1.22 bits per heavy atom. The maximum absolute atomic E-state index is 12.6. The molecular formula is C19H24N2OS. The van der Waals surface area contributed by atoms with Gasteiger partial charge in [-0.1, -0.05) is 18.2 Å². The minimum atomic E-state index is -0.0106. The monoisotopic (exact) mass is 328 g/mol. The summed E-state index contributed by atoms with van der Waals surface area (Å²) >= 11 is 1.79. The van der Waals surface area contributed by atoms with Crippen molar-refractivity contribution < 1.29 is 6.22 Å². The Morgan fingerprint density at radius 3 is 2.61 bits per heavy atom. The van der Waals surface area contributed by atoms with Crippen LogP contribution < -0.4 is 5.32 Å². The van der Waals surface area contributed by atoms with Crippen LogP contribution in [0.1, 0.15) is 58.6 Å². The largest absolute Gasteiger partial charge is 0.347 e. The van der Waals surface area contributed by atoms with Gasteiger partial charge in [-0.05, 0) is 58.1 Å². The highest BCUT2D eigenvalue weighted by atomic mass is 32.1. The van der Waals surface area contributed by atoms with E-state index in [0.717, 1.165) is 41.8 Å². The Kier molecular flexibility index (Phi) is 3.17. The summed E-state index contributed by atoms with van der Waals surface area (Å²) in [5.41, 5.74) is 3.33. The number of rotatable bonds is 3. The highest BCUT2D eigenvalue weighted by Gasteiger charge is 2.63. The van der Waals surface area contributed by atoms with Gasteiger partial charge in [0.1, 0.15) is 0 Å². The molecule has 0 atom stereocenters. The Morgan fingerprint density at radius 2 is 1.96 bits per heavy atom. The summed E-state index contributed by atoms with van der Waals surface area (Å²) in [7, 11) is 0. The molecule has 1 N–H and O–H groups in total. The molecular weight excluding hydrogens is 304 g/mol. The first-order valence-corrected chi connectivity index (χ1v) is 9.07. The first-order chi connectivity index (χ1) is 10.9. The van der Waals surface area contributed by atoms with E-state index in [2.05, 4.69) is 19.2 Å². The number of amides is 1. The Hall–Kier alpha value is -1.68. The third-order valence-electron chi connectivity index (χ3n) is 5.61. The zero-order valence-corrected chi connectivity index (χ0v) is 14.7. The van der Waals surface area contributed by atoms with Gasteiger partial charge in [-0.3, -0.25) is 4.79 Å². The van der Waals surface area contributed by atoms with Gasteiger partial charge in [0.15, 0.2) is 0 Å². The van der Waals surface area contributed by atoms with Crippen LogP contribution in [0.25, 0.3) is 0 Å². The number of hydrogen-bond donors (Lipinski definition) is 1. The molecule has 4 heteroatoms. The summed E-state index contributed by atoms with van der Waals surface area (Å²) in [6.45, 7) is 6.26. The van der Waals surface area contributed by atoms with Gasteiger partial charge in [-0.25, -0.2) is 4.98 Å². The van der Waals surface area contributed by atoms with E-state index in [4.69, 9.17) is 4.98 Å². The predicted octanol–water partition coefficient (Wildman–Crippen LogP) is 4.31. The molecule has 3 aliphatic carbocycles. The molecule has 5 rings (SSSR count). The van der Waals surface area contributed by atoms with Crippen molar-refractivity contribution in [2.45, 2.75) is 57.4 Å². The van der Waals surface area contributed by atoms with Crippen LogP contribution in [0.5, 0.6) is 0 Å². The quantitative estimate of drug-likeness (QED) is 0.912. The molecule has 0 spiro atoms. The number of hydrogen-bond acceptors (Lipinski definition) is 3. The second-order valence-corrected chi connectivity index (χ2v) is 8.73. The molecule has 2 aromatic rings. The predicted molar refractivity (Wildman–Crippen MR) is 95.2 cm³/mol. The SMILES string of the molecule is Cc1nc(C23CCC(NC(=O)c4ccccc4C)(C2)C3)c(C)s1.[HH]. The second kappa shape index (κ2) is 4.91. The fourth-order valence-electron chi connectivity index (χ4n) is 4.67. The molecule has 1 aromatic carbocycles. The minimum absolute atomic E-state index is 0. The Labute approximate surface area is 142 Å². The van der Waals surface area contributed by atoms with Crippen LogP contribution in [0.2, 0.25) is 0 Å². The van der Waals surface area contributed by atoms with Crippen molar-refractivity contribution in [3.05, 3.63) is 51.0 Å². The lowest BCUT2D eigenvalue weighted by Gasteiger charge is -2.47. The molecule has 3 fully saturated rings. The molecule has 0 unspecified atom stereocenters. The minimum Gasteiger partial charge on any atom is -0.347 e. The van der Waals surface area contributed by atoms with Gasteiger partial charge in [0, 0.05) is 22.8 Å². The van der Waals surface area contributed by atoms with Crippen LogP contribution in [0, 0.1) is 20.8 Å². The van der Waals surface area contributed by atoms with Crippen molar-refractivity contribution in [2.24, 2.45) is 0 Å². The molecule has 122 valence electrons. The summed E-state index contributed by atoms with van der Waals surface area (Å²) < 4.78 is 0. The molecule has 2 bridgehead atoms. The number of fused-ring (bicyclic) bond motifs is 1. The fraction of sp³-hybridized carbons (Fsp3) is 0.474. The van der Waals surface area contributed by atoms with Crippen molar-refractivity contribution in [2.75, 3.05) is 0 Å². The first-order valence-electron chi connectivity index (χ1n) is 8.26. The number of thiazole rings is 1. The lowest BCUT2D eigenvalue weighted by atomic mass is 9.63. The summed E-state index contributed by atoms with van der Waals surface area (Å²) in [4.78, 5) is 18.8. The third kappa shape index (κ3) is 2.23. The lowest BCUT2D eigenvalue weighted by Crippen LogP contribution is -2.57. The molecule has 3 saturated carbocycles. The van der Waals surface area contributed by atoms with Gasteiger partial charge in [0.25, 0.3) is 5.91 Å². The summed E-state index contributed by atoms with van der Waals surface area (Å²) in [6.07, 6.45) is 4.30. The maximum Gasteiger partial charge on any atom is 0.251 e.